The summed E-state index contributed by atoms with van der Waals surface area (Å²) in [4.78, 5) is 17.1. The number of aromatic amines is 1. The molecule has 25 heavy (non-hydrogen) atoms. The van der Waals surface area contributed by atoms with Crippen molar-refractivity contribution in [2.24, 2.45) is 0 Å². The van der Waals surface area contributed by atoms with Crippen molar-refractivity contribution in [2.45, 2.75) is 13.3 Å². The Hall–Kier alpha value is -2.79. The van der Waals surface area contributed by atoms with Gasteiger partial charge in [-0.05, 0) is 30.2 Å². The molecule has 0 saturated heterocycles. The molecule has 0 unspecified atom stereocenters. The molecule has 0 atom stereocenters. The van der Waals surface area contributed by atoms with E-state index in [9.17, 15) is 18.5 Å². The summed E-state index contributed by atoms with van der Waals surface area (Å²) in [5, 5.41) is 9.96. The van der Waals surface area contributed by atoms with E-state index < -0.39 is 15.8 Å². The van der Waals surface area contributed by atoms with Crippen LogP contribution in [-0.4, -0.2) is 44.4 Å². The molecule has 7 nitrogen and oxygen atoms in total. The van der Waals surface area contributed by atoms with Gasteiger partial charge < -0.3 is 9.88 Å². The number of carbonyl (C=O) groups is 1. The monoisotopic (exact) mass is 360 g/mol. The summed E-state index contributed by atoms with van der Waals surface area (Å²) in [5.41, 5.74) is 2.21. The van der Waals surface area contributed by atoms with Crippen LogP contribution in [0.1, 0.15) is 23.0 Å². The zero-order valence-corrected chi connectivity index (χ0v) is 15.4. The number of nitrogens with one attached hydrogen (secondary N) is 2. The molecular weight excluding hydrogens is 340 g/mol. The van der Waals surface area contributed by atoms with Crippen LogP contribution in [0.15, 0.2) is 30.0 Å². The molecule has 1 heterocycles. The number of fused-ring (bicyclic) bond motifs is 1. The number of sulfonamides is 1. The molecule has 0 spiro atoms. The summed E-state index contributed by atoms with van der Waals surface area (Å²) in [6.07, 6.45) is 3.18. The maximum Gasteiger partial charge on any atom is 0.229 e. The fraction of sp³-hybridized carbons (Fsp3) is 0.294. The van der Waals surface area contributed by atoms with Crippen molar-refractivity contribution in [3.8, 4) is 6.07 Å². The fourth-order valence-electron chi connectivity index (χ4n) is 2.48. The molecule has 0 saturated carbocycles. The number of Topliss-reactive ketones (excluding diaryl/α,β-unsaturated/α-hetero) is 1. The lowest BCUT2D eigenvalue weighted by atomic mass is 10.1. The smallest absolute Gasteiger partial charge is 0.229 e. The third kappa shape index (κ3) is 4.39. The predicted molar refractivity (Wildman–Crippen MR) is 97.9 cm³/mol. The van der Waals surface area contributed by atoms with Gasteiger partial charge in [0.1, 0.15) is 11.6 Å². The topological polar surface area (TPSA) is 106 Å². The van der Waals surface area contributed by atoms with Crippen LogP contribution in [0.25, 0.3) is 10.9 Å². The Balaban J connectivity index is 2.53. The first-order valence-corrected chi connectivity index (χ1v) is 9.50. The van der Waals surface area contributed by atoms with Crippen LogP contribution in [0.4, 0.5) is 5.69 Å². The third-order valence-corrected chi connectivity index (χ3v) is 4.11. The maximum absolute atomic E-state index is 12.5. The minimum Gasteiger partial charge on any atom is -0.382 e. The van der Waals surface area contributed by atoms with Crippen molar-refractivity contribution in [1.82, 2.24) is 9.88 Å². The van der Waals surface area contributed by atoms with E-state index in [0.29, 0.717) is 17.6 Å². The SMILES string of the molecule is CCc1cc2cc(C(=O)/C(C#N)=C/N(C)C)[nH]c2cc1NS(C)(=O)=O. The molecule has 0 aliphatic carbocycles. The largest absolute Gasteiger partial charge is 0.382 e. The molecule has 2 rings (SSSR count). The Morgan fingerprint density at radius 1 is 1.36 bits per heavy atom. The third-order valence-electron chi connectivity index (χ3n) is 3.52. The van der Waals surface area contributed by atoms with Gasteiger partial charge in [-0.3, -0.25) is 9.52 Å². The summed E-state index contributed by atoms with van der Waals surface area (Å²) >= 11 is 0. The number of ketones is 1. The van der Waals surface area contributed by atoms with Crippen molar-refractivity contribution >= 4 is 32.4 Å². The Morgan fingerprint density at radius 3 is 2.56 bits per heavy atom. The summed E-state index contributed by atoms with van der Waals surface area (Å²) in [6, 6.07) is 7.06. The average molecular weight is 360 g/mol. The number of nitrogens with zero attached hydrogens (tertiary/aromatic N) is 2. The Labute approximate surface area is 147 Å². The highest BCUT2D eigenvalue weighted by atomic mass is 32.2. The van der Waals surface area contributed by atoms with Crippen LogP contribution in [0.3, 0.4) is 0 Å². The van der Waals surface area contributed by atoms with Crippen LogP contribution in [-0.2, 0) is 16.4 Å². The first kappa shape index (κ1) is 18.5. The van der Waals surface area contributed by atoms with E-state index >= 15 is 0 Å². The van der Waals surface area contributed by atoms with Gasteiger partial charge in [0.15, 0.2) is 0 Å². The molecule has 0 radical (unpaired) electrons. The maximum atomic E-state index is 12.5. The minimum absolute atomic E-state index is 0.0155. The Bertz CT molecular complexity index is 995. The summed E-state index contributed by atoms with van der Waals surface area (Å²) < 4.78 is 25.5. The molecule has 8 heteroatoms. The first-order valence-electron chi connectivity index (χ1n) is 7.61. The summed E-state index contributed by atoms with van der Waals surface area (Å²) in [5.74, 6) is -0.414. The standard InChI is InChI=1S/C17H20N4O3S/c1-5-11-6-12-7-16(17(22)13(9-18)10-21(2)3)19-14(12)8-15(11)20-25(4,23)24/h6-8,10,19-20H,5H2,1-4H3/b13-10+. The normalized spacial score (nSPS) is 12.0. The lowest BCUT2D eigenvalue weighted by Crippen LogP contribution is -2.11. The number of rotatable bonds is 6. The van der Waals surface area contributed by atoms with Crippen LogP contribution in [0, 0.1) is 11.3 Å². The summed E-state index contributed by atoms with van der Waals surface area (Å²) in [6.45, 7) is 1.92. The number of hydrogen-bond donors (Lipinski definition) is 2. The van der Waals surface area contributed by atoms with E-state index in [1.165, 1.54) is 6.20 Å². The lowest BCUT2D eigenvalue weighted by Gasteiger charge is -2.09. The first-order chi connectivity index (χ1) is 11.6. The van der Waals surface area contributed by atoms with Crippen LogP contribution >= 0.6 is 0 Å². The number of H-pyrrole nitrogens is 1. The number of aryl methyl sites for hydroxylation is 1. The van der Waals surface area contributed by atoms with Crippen molar-refractivity contribution in [3.05, 3.63) is 41.2 Å². The molecule has 0 aliphatic rings. The van der Waals surface area contributed by atoms with Gasteiger partial charge in [-0.2, -0.15) is 5.26 Å². The van der Waals surface area contributed by atoms with Gasteiger partial charge in [0, 0.05) is 31.2 Å². The van der Waals surface area contributed by atoms with Gasteiger partial charge in [-0.15, -0.1) is 0 Å². The average Bonchev–Trinajstić information content (AvgIpc) is 2.92. The minimum atomic E-state index is -3.41. The van der Waals surface area contributed by atoms with Crippen molar-refractivity contribution in [1.29, 1.82) is 5.26 Å². The second-order valence-corrected chi connectivity index (χ2v) is 7.70. The van der Waals surface area contributed by atoms with E-state index in [4.69, 9.17) is 0 Å². The van der Waals surface area contributed by atoms with Gasteiger partial charge in [-0.25, -0.2) is 8.42 Å². The number of benzene rings is 1. The number of aromatic nitrogens is 1. The molecule has 2 aromatic rings. The van der Waals surface area contributed by atoms with Crippen LogP contribution < -0.4 is 4.72 Å². The molecule has 0 amide bonds. The molecule has 0 aliphatic heterocycles. The molecule has 132 valence electrons. The zero-order chi connectivity index (χ0) is 18.8. The Morgan fingerprint density at radius 2 is 2.04 bits per heavy atom. The quantitative estimate of drug-likeness (QED) is 0.467. The highest BCUT2D eigenvalue weighted by Crippen LogP contribution is 2.26. The molecule has 1 aromatic heterocycles. The van der Waals surface area contributed by atoms with E-state index in [1.807, 2.05) is 19.1 Å². The lowest BCUT2D eigenvalue weighted by molar-refractivity contribution is 0.103. The molecule has 0 fully saturated rings. The van der Waals surface area contributed by atoms with Crippen molar-refractivity contribution in [3.63, 3.8) is 0 Å². The van der Waals surface area contributed by atoms with E-state index in [0.717, 1.165) is 17.2 Å². The van der Waals surface area contributed by atoms with E-state index in [-0.39, 0.29) is 11.3 Å². The van der Waals surface area contributed by atoms with Gasteiger partial charge in [-0.1, -0.05) is 6.92 Å². The van der Waals surface area contributed by atoms with Gasteiger partial charge >= 0.3 is 0 Å². The molecule has 2 N–H and O–H groups in total. The van der Waals surface area contributed by atoms with Crippen molar-refractivity contribution in [2.75, 3.05) is 25.1 Å². The molecular formula is C17H20N4O3S. The van der Waals surface area contributed by atoms with Crippen molar-refractivity contribution < 1.29 is 13.2 Å². The molecule has 0 bridgehead atoms. The Kier molecular flexibility index (Phi) is 5.18. The number of carbonyl (C=O) groups excluding carboxylic acids is 1. The predicted octanol–water partition coefficient (Wildman–Crippen LogP) is 2.25. The zero-order valence-electron chi connectivity index (χ0n) is 14.5. The highest BCUT2D eigenvalue weighted by molar-refractivity contribution is 7.92. The second kappa shape index (κ2) is 6.99. The molecule has 1 aromatic carbocycles. The second-order valence-electron chi connectivity index (χ2n) is 5.95. The number of hydrogen-bond acceptors (Lipinski definition) is 5. The van der Waals surface area contributed by atoms with Gasteiger partial charge in [0.25, 0.3) is 0 Å². The highest BCUT2D eigenvalue weighted by Gasteiger charge is 2.17. The van der Waals surface area contributed by atoms with Gasteiger partial charge in [0.2, 0.25) is 15.8 Å². The van der Waals surface area contributed by atoms with Crippen LogP contribution in [0.2, 0.25) is 0 Å². The number of anilines is 1. The number of allylic oxidation sites excluding steroid dienone is 1. The van der Waals surface area contributed by atoms with Crippen LogP contribution in [0.5, 0.6) is 0 Å². The fourth-order valence-corrected chi connectivity index (χ4v) is 3.07. The van der Waals surface area contributed by atoms with E-state index in [2.05, 4.69) is 9.71 Å². The number of nitriles is 1. The van der Waals surface area contributed by atoms with E-state index in [1.54, 1.807) is 31.1 Å². The van der Waals surface area contributed by atoms with Gasteiger partial charge in [0.05, 0.1) is 17.6 Å². The summed E-state index contributed by atoms with van der Waals surface area (Å²) in [7, 11) is 0.0500.